The van der Waals surface area contributed by atoms with E-state index in [4.69, 9.17) is 5.73 Å². The van der Waals surface area contributed by atoms with Crippen LogP contribution in [0.5, 0.6) is 0 Å². The second-order valence-corrected chi connectivity index (χ2v) is 12.2. The number of nitrogens with two attached hydrogens (primary N) is 1. The van der Waals surface area contributed by atoms with Crippen LogP contribution in [0.25, 0.3) is 10.8 Å². The van der Waals surface area contributed by atoms with Crippen molar-refractivity contribution in [3.63, 3.8) is 0 Å². The van der Waals surface area contributed by atoms with Crippen LogP contribution in [0.4, 0.5) is 0 Å². The number of rotatable bonds is 14. The Bertz CT molecular complexity index is 1660. The number of primary amides is 1. The molecule has 9 nitrogen and oxygen atoms in total. The van der Waals surface area contributed by atoms with Gasteiger partial charge in [-0.1, -0.05) is 103 Å². The van der Waals surface area contributed by atoms with Gasteiger partial charge in [-0.2, -0.15) is 0 Å². The van der Waals surface area contributed by atoms with E-state index in [0.717, 1.165) is 40.6 Å². The van der Waals surface area contributed by atoms with Crippen molar-refractivity contribution in [2.45, 2.75) is 56.7 Å². The number of hydrogen-bond acceptors (Lipinski definition) is 5. The van der Waals surface area contributed by atoms with Gasteiger partial charge in [-0.15, -0.1) is 0 Å². The molecule has 0 aromatic heterocycles. The highest BCUT2D eigenvalue weighted by molar-refractivity contribution is 5.94. The Kier molecular flexibility index (Phi) is 11.7. The summed E-state index contributed by atoms with van der Waals surface area (Å²) in [6.07, 6.45) is 2.64. The Labute approximate surface area is 275 Å². The molecule has 4 aromatic rings. The Morgan fingerprint density at radius 3 is 1.89 bits per heavy atom. The molecule has 3 atom stereocenters. The fraction of sp³-hybridized carbons (Fsp3) is 0.316. The molecule has 0 spiro atoms. The quantitative estimate of drug-likeness (QED) is 0.145. The van der Waals surface area contributed by atoms with Gasteiger partial charge in [0.1, 0.15) is 18.1 Å². The monoisotopic (exact) mass is 633 g/mol. The van der Waals surface area contributed by atoms with E-state index in [1.807, 2.05) is 103 Å². The summed E-state index contributed by atoms with van der Waals surface area (Å²) in [6, 6.07) is 30.1. The molecule has 5 rings (SSSR count). The SMILES string of the molecule is NC(=O)C(Cc1ccccc1)NC(=O)C(CCc1ccccc1)NC(=O)C(Cc1ccc2ccccc2c1)NC(=O)C1CCNCC1. The van der Waals surface area contributed by atoms with E-state index in [0.29, 0.717) is 19.3 Å². The average molecular weight is 634 g/mol. The van der Waals surface area contributed by atoms with Crippen LogP contribution in [0.1, 0.15) is 36.0 Å². The van der Waals surface area contributed by atoms with Crippen molar-refractivity contribution in [3.8, 4) is 0 Å². The molecule has 1 fully saturated rings. The van der Waals surface area contributed by atoms with Crippen molar-refractivity contribution < 1.29 is 19.2 Å². The van der Waals surface area contributed by atoms with Crippen LogP contribution in [0.3, 0.4) is 0 Å². The number of aryl methyl sites for hydroxylation is 1. The number of benzene rings is 4. The Hall–Kier alpha value is -5.02. The van der Waals surface area contributed by atoms with Gasteiger partial charge in [-0.25, -0.2) is 0 Å². The molecule has 1 aliphatic heterocycles. The first-order valence-electron chi connectivity index (χ1n) is 16.3. The van der Waals surface area contributed by atoms with E-state index in [1.165, 1.54) is 0 Å². The fourth-order valence-electron chi connectivity index (χ4n) is 6.03. The van der Waals surface area contributed by atoms with E-state index in [1.54, 1.807) is 0 Å². The molecule has 0 aliphatic carbocycles. The molecule has 4 aromatic carbocycles. The van der Waals surface area contributed by atoms with E-state index in [9.17, 15) is 19.2 Å². The smallest absolute Gasteiger partial charge is 0.243 e. The van der Waals surface area contributed by atoms with Crippen LogP contribution in [-0.2, 0) is 38.4 Å². The van der Waals surface area contributed by atoms with Gasteiger partial charge in [-0.05, 0) is 66.2 Å². The number of hydrogen-bond donors (Lipinski definition) is 5. The molecule has 0 saturated carbocycles. The number of amides is 4. The molecular weight excluding hydrogens is 590 g/mol. The van der Waals surface area contributed by atoms with Gasteiger partial charge in [0.15, 0.2) is 0 Å². The molecule has 0 bridgehead atoms. The highest BCUT2D eigenvalue weighted by Gasteiger charge is 2.31. The number of carbonyl (C=O) groups excluding carboxylic acids is 4. The molecule has 1 heterocycles. The second kappa shape index (κ2) is 16.5. The minimum atomic E-state index is -0.977. The highest BCUT2D eigenvalue weighted by Crippen LogP contribution is 2.18. The molecule has 244 valence electrons. The van der Waals surface area contributed by atoms with Crippen LogP contribution < -0.4 is 27.0 Å². The minimum Gasteiger partial charge on any atom is -0.368 e. The minimum absolute atomic E-state index is 0.172. The van der Waals surface area contributed by atoms with E-state index in [-0.39, 0.29) is 31.1 Å². The van der Waals surface area contributed by atoms with Crippen molar-refractivity contribution in [2.24, 2.45) is 11.7 Å². The van der Waals surface area contributed by atoms with Crippen molar-refractivity contribution in [1.82, 2.24) is 21.3 Å². The summed E-state index contributed by atoms with van der Waals surface area (Å²) in [6.45, 7) is 1.48. The first-order valence-corrected chi connectivity index (χ1v) is 16.3. The zero-order valence-corrected chi connectivity index (χ0v) is 26.5. The fourth-order valence-corrected chi connectivity index (χ4v) is 6.03. The summed E-state index contributed by atoms with van der Waals surface area (Å²) in [4.78, 5) is 53.6. The third-order valence-corrected chi connectivity index (χ3v) is 8.74. The van der Waals surface area contributed by atoms with Gasteiger partial charge in [0.25, 0.3) is 0 Å². The van der Waals surface area contributed by atoms with Crippen LogP contribution in [-0.4, -0.2) is 54.8 Å². The van der Waals surface area contributed by atoms with Crippen molar-refractivity contribution in [1.29, 1.82) is 0 Å². The average Bonchev–Trinajstić information content (AvgIpc) is 3.10. The van der Waals surface area contributed by atoms with Gasteiger partial charge in [-0.3, -0.25) is 19.2 Å². The molecule has 4 amide bonds. The zero-order valence-electron chi connectivity index (χ0n) is 26.5. The third kappa shape index (κ3) is 9.73. The van der Waals surface area contributed by atoms with Crippen LogP contribution >= 0.6 is 0 Å². The van der Waals surface area contributed by atoms with Crippen molar-refractivity contribution >= 4 is 34.4 Å². The molecule has 1 saturated heterocycles. The summed E-state index contributed by atoms with van der Waals surface area (Å²) >= 11 is 0. The molecule has 0 radical (unpaired) electrons. The topological polar surface area (TPSA) is 142 Å². The predicted molar refractivity (Wildman–Crippen MR) is 183 cm³/mol. The molecule has 1 aliphatic rings. The van der Waals surface area contributed by atoms with E-state index in [2.05, 4.69) is 21.3 Å². The largest absolute Gasteiger partial charge is 0.368 e. The van der Waals surface area contributed by atoms with Crippen LogP contribution in [0, 0.1) is 5.92 Å². The lowest BCUT2D eigenvalue weighted by Gasteiger charge is -2.27. The lowest BCUT2D eigenvalue weighted by atomic mass is 9.95. The standard InChI is InChI=1S/C38H43N5O4/c39-35(44)33(24-27-11-5-2-6-12-27)42-37(46)32(18-16-26-9-3-1-4-10-26)41-38(47)34(43-36(45)30-19-21-40-22-20-30)25-28-15-17-29-13-7-8-14-31(29)23-28/h1-15,17,23,30,32-34,40H,16,18-22,24-25H2,(H2,39,44)(H,41,47)(H,42,46)(H,43,45). The van der Waals surface area contributed by atoms with Gasteiger partial charge in [0, 0.05) is 18.8 Å². The maximum atomic E-state index is 14.1. The van der Waals surface area contributed by atoms with Crippen molar-refractivity contribution in [2.75, 3.05) is 13.1 Å². The summed E-state index contributed by atoms with van der Waals surface area (Å²) in [7, 11) is 0. The molecule has 47 heavy (non-hydrogen) atoms. The molecule has 9 heteroatoms. The number of fused-ring (bicyclic) bond motifs is 1. The number of piperidine rings is 1. The molecule has 3 unspecified atom stereocenters. The predicted octanol–water partition coefficient (Wildman–Crippen LogP) is 3.20. The summed E-state index contributed by atoms with van der Waals surface area (Å²) in [5.74, 6) is -2.02. The van der Waals surface area contributed by atoms with Gasteiger partial charge < -0.3 is 27.0 Å². The van der Waals surface area contributed by atoms with Gasteiger partial charge in [0.2, 0.25) is 23.6 Å². The normalized spacial score (nSPS) is 15.2. The third-order valence-electron chi connectivity index (χ3n) is 8.74. The molecular formula is C38H43N5O4. The van der Waals surface area contributed by atoms with E-state index >= 15 is 0 Å². The van der Waals surface area contributed by atoms with Gasteiger partial charge >= 0.3 is 0 Å². The summed E-state index contributed by atoms with van der Waals surface area (Å²) < 4.78 is 0. The maximum absolute atomic E-state index is 14.1. The summed E-state index contributed by atoms with van der Waals surface area (Å²) in [5.41, 5.74) is 8.44. The van der Waals surface area contributed by atoms with Crippen LogP contribution in [0.2, 0.25) is 0 Å². The van der Waals surface area contributed by atoms with Crippen molar-refractivity contribution in [3.05, 3.63) is 120 Å². The first kappa shape index (κ1) is 33.3. The molecule has 6 N–H and O–H groups in total. The highest BCUT2D eigenvalue weighted by atomic mass is 16.2. The van der Waals surface area contributed by atoms with E-state index < -0.39 is 35.8 Å². The first-order chi connectivity index (χ1) is 22.9. The second-order valence-electron chi connectivity index (χ2n) is 12.2. The Morgan fingerprint density at radius 1 is 0.638 bits per heavy atom. The lowest BCUT2D eigenvalue weighted by Crippen LogP contribution is -2.57. The zero-order chi connectivity index (χ0) is 33.0. The van der Waals surface area contributed by atoms with Gasteiger partial charge in [0.05, 0.1) is 0 Å². The number of nitrogens with one attached hydrogen (secondary N) is 4. The Balaban J connectivity index is 1.36. The van der Waals surface area contributed by atoms with Crippen LogP contribution in [0.15, 0.2) is 103 Å². The maximum Gasteiger partial charge on any atom is 0.243 e. The lowest BCUT2D eigenvalue weighted by molar-refractivity contribution is -0.134. The Morgan fingerprint density at radius 2 is 1.21 bits per heavy atom. The summed E-state index contributed by atoms with van der Waals surface area (Å²) in [5, 5.41) is 14.1. The number of carbonyl (C=O) groups is 4.